The van der Waals surface area contributed by atoms with Crippen LogP contribution in [0.3, 0.4) is 0 Å². The van der Waals surface area contributed by atoms with Crippen LogP contribution in [0, 0.1) is 6.92 Å². The molecule has 6 heteroatoms. The number of thiazole rings is 1. The van der Waals surface area contributed by atoms with Gasteiger partial charge >= 0.3 is 5.97 Å². The Bertz CT molecular complexity index is 705. The molecule has 23 heavy (non-hydrogen) atoms. The Balaban J connectivity index is 2.13. The van der Waals surface area contributed by atoms with E-state index in [4.69, 9.17) is 4.74 Å². The quantitative estimate of drug-likeness (QED) is 0.790. The first-order chi connectivity index (χ1) is 10.9. The number of likely N-dealkylation sites (N-methyl/N-ethyl adjacent to an activating group) is 1. The standard InChI is InChI=1S/C17H20N2O3S/c1-5-12-6-8-13(9-7-12)16-18-11(2)15(23-16)17(21)22-10-14(20)19(3)4/h6-9H,5,10H2,1-4H3. The van der Waals surface area contributed by atoms with Gasteiger partial charge in [0.15, 0.2) is 6.61 Å². The van der Waals surface area contributed by atoms with E-state index in [1.807, 2.05) is 12.1 Å². The van der Waals surface area contributed by atoms with Gasteiger partial charge in [0, 0.05) is 19.7 Å². The van der Waals surface area contributed by atoms with Gasteiger partial charge < -0.3 is 9.64 Å². The van der Waals surface area contributed by atoms with Crippen LogP contribution in [-0.4, -0.2) is 42.5 Å². The number of carbonyl (C=O) groups is 2. The minimum Gasteiger partial charge on any atom is -0.451 e. The van der Waals surface area contributed by atoms with Crippen LogP contribution in [0.2, 0.25) is 0 Å². The van der Waals surface area contributed by atoms with E-state index in [1.165, 1.54) is 21.8 Å². The zero-order valence-corrected chi connectivity index (χ0v) is 14.6. The van der Waals surface area contributed by atoms with Gasteiger partial charge in [-0.1, -0.05) is 31.2 Å². The van der Waals surface area contributed by atoms with Gasteiger partial charge in [-0.05, 0) is 18.9 Å². The van der Waals surface area contributed by atoms with E-state index in [2.05, 4.69) is 24.0 Å². The van der Waals surface area contributed by atoms with Gasteiger partial charge in [-0.2, -0.15) is 0 Å². The maximum absolute atomic E-state index is 12.1. The third kappa shape index (κ3) is 4.16. The van der Waals surface area contributed by atoms with Crippen molar-refractivity contribution in [3.63, 3.8) is 0 Å². The summed E-state index contributed by atoms with van der Waals surface area (Å²) in [4.78, 5) is 29.9. The number of aryl methyl sites for hydroxylation is 2. The molecule has 1 heterocycles. The molecule has 0 spiro atoms. The molecule has 0 bridgehead atoms. The Labute approximate surface area is 139 Å². The van der Waals surface area contributed by atoms with E-state index in [-0.39, 0.29) is 12.5 Å². The molecule has 0 aliphatic rings. The van der Waals surface area contributed by atoms with Crippen LogP contribution < -0.4 is 0 Å². The number of carbonyl (C=O) groups excluding carboxylic acids is 2. The molecule has 0 radical (unpaired) electrons. The fourth-order valence-electron chi connectivity index (χ4n) is 1.91. The number of nitrogens with zero attached hydrogens (tertiary/aromatic N) is 2. The molecule has 0 atom stereocenters. The van der Waals surface area contributed by atoms with E-state index in [0.29, 0.717) is 10.6 Å². The third-order valence-electron chi connectivity index (χ3n) is 3.42. The van der Waals surface area contributed by atoms with Crippen molar-refractivity contribution in [3.8, 4) is 10.6 Å². The number of ether oxygens (including phenoxy) is 1. The number of aromatic nitrogens is 1. The maximum Gasteiger partial charge on any atom is 0.350 e. The van der Waals surface area contributed by atoms with Gasteiger partial charge in [0.2, 0.25) is 0 Å². The number of rotatable bonds is 5. The molecule has 0 saturated heterocycles. The first kappa shape index (κ1) is 17.1. The molecule has 1 amide bonds. The molecular formula is C17H20N2O3S. The van der Waals surface area contributed by atoms with E-state index < -0.39 is 5.97 Å². The molecule has 2 aromatic rings. The fourth-order valence-corrected chi connectivity index (χ4v) is 2.88. The third-order valence-corrected chi connectivity index (χ3v) is 4.60. The smallest absolute Gasteiger partial charge is 0.350 e. The van der Waals surface area contributed by atoms with Crippen LogP contribution >= 0.6 is 11.3 Å². The highest BCUT2D eigenvalue weighted by Crippen LogP contribution is 2.28. The van der Waals surface area contributed by atoms with Crippen LogP contribution in [0.4, 0.5) is 0 Å². The summed E-state index contributed by atoms with van der Waals surface area (Å²) in [6.45, 7) is 3.61. The minimum atomic E-state index is -0.508. The van der Waals surface area contributed by atoms with Crippen LogP contribution in [0.25, 0.3) is 10.6 Å². The maximum atomic E-state index is 12.1. The molecule has 1 aromatic carbocycles. The van der Waals surface area contributed by atoms with Crippen LogP contribution in [0.1, 0.15) is 27.9 Å². The van der Waals surface area contributed by atoms with Crippen molar-refractivity contribution in [1.29, 1.82) is 0 Å². The molecule has 0 aliphatic heterocycles. The lowest BCUT2D eigenvalue weighted by Crippen LogP contribution is -2.27. The molecule has 122 valence electrons. The normalized spacial score (nSPS) is 10.4. The van der Waals surface area contributed by atoms with Crippen LogP contribution in [0.5, 0.6) is 0 Å². The predicted octanol–water partition coefficient (Wildman–Crippen LogP) is 2.93. The molecule has 0 fully saturated rings. The van der Waals surface area contributed by atoms with Crippen LogP contribution in [-0.2, 0) is 16.0 Å². The summed E-state index contributed by atoms with van der Waals surface area (Å²) in [7, 11) is 3.23. The van der Waals surface area contributed by atoms with E-state index in [9.17, 15) is 9.59 Å². The highest BCUT2D eigenvalue weighted by atomic mass is 32.1. The van der Waals surface area contributed by atoms with E-state index in [1.54, 1.807) is 21.0 Å². The highest BCUT2D eigenvalue weighted by Gasteiger charge is 2.19. The van der Waals surface area contributed by atoms with E-state index >= 15 is 0 Å². The van der Waals surface area contributed by atoms with Crippen molar-refractivity contribution in [1.82, 2.24) is 9.88 Å². The first-order valence-electron chi connectivity index (χ1n) is 7.36. The summed E-state index contributed by atoms with van der Waals surface area (Å²) in [6.07, 6.45) is 0.981. The van der Waals surface area contributed by atoms with Crippen molar-refractivity contribution in [3.05, 3.63) is 40.4 Å². The average Bonchev–Trinajstić information content (AvgIpc) is 2.94. The van der Waals surface area contributed by atoms with Crippen LogP contribution in [0.15, 0.2) is 24.3 Å². The lowest BCUT2D eigenvalue weighted by atomic mass is 10.1. The van der Waals surface area contributed by atoms with Gasteiger partial charge in [-0.15, -0.1) is 11.3 Å². The highest BCUT2D eigenvalue weighted by molar-refractivity contribution is 7.17. The molecule has 0 N–H and O–H groups in total. The summed E-state index contributed by atoms with van der Waals surface area (Å²) in [6, 6.07) is 8.11. The molecular weight excluding hydrogens is 312 g/mol. The van der Waals surface area contributed by atoms with Crippen molar-refractivity contribution >= 4 is 23.2 Å². The predicted molar refractivity (Wildman–Crippen MR) is 90.6 cm³/mol. The van der Waals surface area contributed by atoms with Crippen molar-refractivity contribution in [2.24, 2.45) is 0 Å². The molecule has 5 nitrogen and oxygen atoms in total. The molecule has 2 rings (SSSR count). The topological polar surface area (TPSA) is 59.5 Å². The van der Waals surface area contributed by atoms with Crippen molar-refractivity contribution in [2.75, 3.05) is 20.7 Å². The van der Waals surface area contributed by atoms with Gasteiger partial charge in [-0.25, -0.2) is 9.78 Å². The number of hydrogen-bond acceptors (Lipinski definition) is 5. The van der Waals surface area contributed by atoms with Gasteiger partial charge in [0.05, 0.1) is 5.69 Å². The largest absolute Gasteiger partial charge is 0.451 e. The summed E-state index contributed by atoms with van der Waals surface area (Å²) in [5.41, 5.74) is 2.84. The lowest BCUT2D eigenvalue weighted by molar-refractivity contribution is -0.131. The van der Waals surface area contributed by atoms with E-state index in [0.717, 1.165) is 17.0 Å². The van der Waals surface area contributed by atoms with Crippen molar-refractivity contribution < 1.29 is 14.3 Å². The van der Waals surface area contributed by atoms with Gasteiger partial charge in [0.25, 0.3) is 5.91 Å². The zero-order valence-electron chi connectivity index (χ0n) is 13.8. The number of hydrogen-bond donors (Lipinski definition) is 0. The minimum absolute atomic E-state index is 0.254. The fraction of sp³-hybridized carbons (Fsp3) is 0.353. The Morgan fingerprint density at radius 3 is 2.43 bits per heavy atom. The first-order valence-corrected chi connectivity index (χ1v) is 8.18. The summed E-state index contributed by atoms with van der Waals surface area (Å²) < 4.78 is 5.06. The Kier molecular flexibility index (Phi) is 5.50. The molecule has 0 aliphatic carbocycles. The Morgan fingerprint density at radius 2 is 1.87 bits per heavy atom. The summed E-state index contributed by atoms with van der Waals surface area (Å²) >= 11 is 1.28. The number of esters is 1. The second-order valence-corrected chi connectivity index (χ2v) is 6.35. The zero-order chi connectivity index (χ0) is 17.0. The Hall–Kier alpha value is -2.21. The summed E-state index contributed by atoms with van der Waals surface area (Å²) in [5, 5.41) is 0.774. The lowest BCUT2D eigenvalue weighted by Gasteiger charge is -2.09. The molecule has 0 saturated carbocycles. The molecule has 0 unspecified atom stereocenters. The van der Waals surface area contributed by atoms with Crippen molar-refractivity contribution in [2.45, 2.75) is 20.3 Å². The van der Waals surface area contributed by atoms with Gasteiger partial charge in [0.1, 0.15) is 9.88 Å². The second kappa shape index (κ2) is 7.37. The number of benzene rings is 1. The summed E-state index contributed by atoms with van der Waals surface area (Å²) in [5.74, 6) is -0.762. The second-order valence-electron chi connectivity index (χ2n) is 5.35. The monoisotopic (exact) mass is 332 g/mol. The average molecular weight is 332 g/mol. The SMILES string of the molecule is CCc1ccc(-c2nc(C)c(C(=O)OCC(=O)N(C)C)s2)cc1. The Morgan fingerprint density at radius 1 is 1.22 bits per heavy atom. The number of amides is 1. The molecule has 1 aromatic heterocycles. The van der Waals surface area contributed by atoms with Gasteiger partial charge in [-0.3, -0.25) is 4.79 Å².